The van der Waals surface area contributed by atoms with Crippen molar-refractivity contribution in [1.82, 2.24) is 4.90 Å². The molecule has 1 fully saturated rings. The van der Waals surface area contributed by atoms with Gasteiger partial charge in [-0.2, -0.15) is 0 Å². The quantitative estimate of drug-likeness (QED) is 0.699. The van der Waals surface area contributed by atoms with Crippen molar-refractivity contribution in [1.29, 1.82) is 0 Å². The molecule has 0 aromatic heterocycles. The fraction of sp³-hybridized carbons (Fsp3) is 0.571. The summed E-state index contributed by atoms with van der Waals surface area (Å²) in [6.07, 6.45) is 1.83. The van der Waals surface area contributed by atoms with Gasteiger partial charge in [-0.3, -0.25) is 4.90 Å². The fourth-order valence-electron chi connectivity index (χ4n) is 3.05. The molecule has 1 aromatic carbocycles. The zero-order valence-corrected chi connectivity index (χ0v) is 16.5. The maximum absolute atomic E-state index is 12.8. The summed E-state index contributed by atoms with van der Waals surface area (Å²) in [4.78, 5) is 14.5. The van der Waals surface area contributed by atoms with Crippen molar-refractivity contribution >= 4 is 6.09 Å². The molecule has 1 aromatic rings. The number of benzene rings is 1. The van der Waals surface area contributed by atoms with Crippen LogP contribution < -0.4 is 0 Å². The maximum atomic E-state index is 12.8. The van der Waals surface area contributed by atoms with E-state index in [1.807, 2.05) is 71.0 Å². The van der Waals surface area contributed by atoms with E-state index in [0.29, 0.717) is 19.6 Å². The molecule has 1 saturated heterocycles. The van der Waals surface area contributed by atoms with Crippen LogP contribution in [-0.2, 0) is 20.8 Å². The first-order valence-corrected chi connectivity index (χ1v) is 9.07. The van der Waals surface area contributed by atoms with Gasteiger partial charge in [-0.05, 0) is 46.6 Å². The second-order valence-electron chi connectivity index (χ2n) is 8.03. The zero-order valence-electron chi connectivity index (χ0n) is 16.5. The van der Waals surface area contributed by atoms with Gasteiger partial charge in [-0.15, -0.1) is 6.58 Å². The number of carbonyl (C=O) groups is 1. The van der Waals surface area contributed by atoms with Gasteiger partial charge in [0.15, 0.2) is 0 Å². The number of amides is 1. The highest BCUT2D eigenvalue weighted by molar-refractivity contribution is 5.70. The standard InChI is InChI=1S/C21H31NO4/c1-7-11-18(24-14-16-12-9-8-10-13-16)17-15-25-21(5,6)22(17)19(23)26-20(2,3)4/h7-10,12-13,17-18H,1,11,14-15H2,2-6H3/t17-,18-/m1/s1. The third kappa shape index (κ3) is 5.32. The van der Waals surface area contributed by atoms with E-state index < -0.39 is 11.3 Å². The highest BCUT2D eigenvalue weighted by Crippen LogP contribution is 2.33. The predicted molar refractivity (Wildman–Crippen MR) is 102 cm³/mol. The molecular formula is C21H31NO4. The smallest absolute Gasteiger partial charge is 0.412 e. The van der Waals surface area contributed by atoms with Gasteiger partial charge in [0, 0.05) is 0 Å². The van der Waals surface area contributed by atoms with Gasteiger partial charge in [-0.1, -0.05) is 36.4 Å². The highest BCUT2D eigenvalue weighted by Gasteiger charge is 2.48. The first-order valence-electron chi connectivity index (χ1n) is 9.07. The van der Waals surface area contributed by atoms with E-state index in [1.54, 1.807) is 4.90 Å². The Morgan fingerprint density at radius 1 is 1.38 bits per heavy atom. The Kier molecular flexibility index (Phi) is 6.48. The summed E-state index contributed by atoms with van der Waals surface area (Å²) < 4.78 is 17.7. The van der Waals surface area contributed by atoms with Crippen LogP contribution in [0, 0.1) is 0 Å². The van der Waals surface area contributed by atoms with Crippen LogP contribution in [0.25, 0.3) is 0 Å². The maximum Gasteiger partial charge on any atom is 0.412 e. The Labute approximate surface area is 156 Å². The lowest BCUT2D eigenvalue weighted by Gasteiger charge is -2.37. The summed E-state index contributed by atoms with van der Waals surface area (Å²) >= 11 is 0. The van der Waals surface area contributed by atoms with Gasteiger partial charge in [-0.25, -0.2) is 4.79 Å². The normalized spacial score (nSPS) is 20.7. The Morgan fingerprint density at radius 3 is 2.62 bits per heavy atom. The predicted octanol–water partition coefficient (Wildman–Crippen LogP) is 4.52. The molecule has 0 bridgehead atoms. The number of rotatable bonds is 6. The lowest BCUT2D eigenvalue weighted by atomic mass is 10.1. The number of carbonyl (C=O) groups excluding carboxylic acids is 1. The molecule has 0 spiro atoms. The van der Waals surface area contributed by atoms with Gasteiger partial charge in [0.2, 0.25) is 0 Å². The van der Waals surface area contributed by atoms with Crippen LogP contribution in [0.5, 0.6) is 0 Å². The van der Waals surface area contributed by atoms with Crippen LogP contribution >= 0.6 is 0 Å². The lowest BCUT2D eigenvalue weighted by molar-refractivity contribution is -0.0735. The summed E-state index contributed by atoms with van der Waals surface area (Å²) in [7, 11) is 0. The number of nitrogens with zero attached hydrogens (tertiary/aromatic N) is 1. The minimum Gasteiger partial charge on any atom is -0.444 e. The molecule has 1 aliphatic rings. The minimum absolute atomic E-state index is 0.220. The van der Waals surface area contributed by atoms with E-state index in [4.69, 9.17) is 14.2 Å². The van der Waals surface area contributed by atoms with Gasteiger partial charge < -0.3 is 14.2 Å². The van der Waals surface area contributed by atoms with Crippen molar-refractivity contribution in [3.05, 3.63) is 48.6 Å². The van der Waals surface area contributed by atoms with E-state index in [9.17, 15) is 4.79 Å². The molecule has 0 N–H and O–H groups in total. The fourth-order valence-corrected chi connectivity index (χ4v) is 3.05. The average molecular weight is 361 g/mol. The first kappa shape index (κ1) is 20.5. The largest absolute Gasteiger partial charge is 0.444 e. The molecule has 0 unspecified atom stereocenters. The summed E-state index contributed by atoms with van der Waals surface area (Å²) in [5.41, 5.74) is -0.231. The van der Waals surface area contributed by atoms with Crippen molar-refractivity contribution in [2.24, 2.45) is 0 Å². The third-order valence-corrected chi connectivity index (χ3v) is 4.24. The molecule has 0 saturated carbocycles. The Balaban J connectivity index is 2.16. The minimum atomic E-state index is -0.747. The number of hydrogen-bond donors (Lipinski definition) is 0. The van der Waals surface area contributed by atoms with Crippen LogP contribution in [0.15, 0.2) is 43.0 Å². The third-order valence-electron chi connectivity index (χ3n) is 4.24. The van der Waals surface area contributed by atoms with Crippen LogP contribution in [0.3, 0.4) is 0 Å². The van der Waals surface area contributed by atoms with Gasteiger partial charge in [0.1, 0.15) is 11.3 Å². The molecule has 26 heavy (non-hydrogen) atoms. The zero-order chi connectivity index (χ0) is 19.4. The second kappa shape index (κ2) is 8.23. The SMILES string of the molecule is C=CC[C@@H](OCc1ccccc1)[C@H]1COC(C)(C)N1C(=O)OC(C)(C)C. The molecule has 2 rings (SSSR count). The van der Waals surface area contributed by atoms with Crippen molar-refractivity contribution < 1.29 is 19.0 Å². The first-order chi connectivity index (χ1) is 12.1. The monoisotopic (exact) mass is 361 g/mol. The molecule has 1 heterocycles. The summed E-state index contributed by atoms with van der Waals surface area (Å²) in [5, 5.41) is 0. The molecule has 0 aliphatic carbocycles. The summed E-state index contributed by atoms with van der Waals surface area (Å²) in [6.45, 7) is 14.0. The molecule has 144 valence electrons. The van der Waals surface area contributed by atoms with Gasteiger partial charge in [0.25, 0.3) is 0 Å². The van der Waals surface area contributed by atoms with E-state index in [-0.39, 0.29) is 18.2 Å². The van der Waals surface area contributed by atoms with Gasteiger partial charge >= 0.3 is 6.09 Å². The Hall–Kier alpha value is -1.85. The van der Waals surface area contributed by atoms with Crippen molar-refractivity contribution in [2.45, 2.75) is 71.1 Å². The topological polar surface area (TPSA) is 48.0 Å². The van der Waals surface area contributed by atoms with E-state index in [2.05, 4.69) is 6.58 Å². The molecule has 5 nitrogen and oxygen atoms in total. The molecule has 0 radical (unpaired) electrons. The number of hydrogen-bond acceptors (Lipinski definition) is 4. The second-order valence-corrected chi connectivity index (χ2v) is 8.03. The lowest BCUT2D eigenvalue weighted by Crippen LogP contribution is -2.53. The van der Waals surface area contributed by atoms with Crippen LogP contribution in [0.2, 0.25) is 0 Å². The summed E-state index contributed by atoms with van der Waals surface area (Å²) in [5.74, 6) is 0. The van der Waals surface area contributed by atoms with Crippen molar-refractivity contribution in [3.8, 4) is 0 Å². The van der Waals surface area contributed by atoms with E-state index in [1.165, 1.54) is 0 Å². The van der Waals surface area contributed by atoms with Crippen LogP contribution in [-0.4, -0.2) is 41.1 Å². The van der Waals surface area contributed by atoms with E-state index in [0.717, 1.165) is 5.56 Å². The number of ether oxygens (including phenoxy) is 3. The van der Waals surface area contributed by atoms with Crippen molar-refractivity contribution in [2.75, 3.05) is 6.61 Å². The highest BCUT2D eigenvalue weighted by atomic mass is 16.6. The Bertz CT molecular complexity index is 606. The molecule has 1 amide bonds. The molecule has 1 aliphatic heterocycles. The molecule has 2 atom stereocenters. The summed E-state index contributed by atoms with van der Waals surface area (Å²) in [6, 6.07) is 9.74. The van der Waals surface area contributed by atoms with Crippen LogP contribution in [0.1, 0.15) is 46.6 Å². The Morgan fingerprint density at radius 2 is 2.04 bits per heavy atom. The molecule has 5 heteroatoms. The van der Waals surface area contributed by atoms with Gasteiger partial charge in [0.05, 0.1) is 25.4 Å². The van der Waals surface area contributed by atoms with Crippen molar-refractivity contribution in [3.63, 3.8) is 0 Å². The average Bonchev–Trinajstić information content (AvgIpc) is 2.86. The van der Waals surface area contributed by atoms with Crippen LogP contribution in [0.4, 0.5) is 4.79 Å². The van der Waals surface area contributed by atoms with E-state index >= 15 is 0 Å². The molecular weight excluding hydrogens is 330 g/mol.